The van der Waals surface area contributed by atoms with E-state index in [1.807, 2.05) is 72.3 Å². The number of rotatable bonds is 10. The van der Waals surface area contributed by atoms with E-state index in [1.54, 1.807) is 4.90 Å². The Kier molecular flexibility index (Phi) is 8.38. The standard InChI is InChI=1S/C30H36N4O4/c1-2-37-25-15-8-14-24(18-25)34-20-27(22-10-4-3-5-11-22)31-30(34)32-28(35)21-33(19-26-16-9-17-38-26)29(36)23-12-6-7-13-23/h3-5,8,10-11,14-15,18,20,23,26H,2,6-7,9,12-13,16-17,19,21H2,1H3,(H,31,32,35). The molecule has 1 saturated carbocycles. The van der Waals surface area contributed by atoms with E-state index in [1.165, 1.54) is 0 Å². The van der Waals surface area contributed by atoms with E-state index in [0.29, 0.717) is 25.7 Å². The molecule has 1 aliphatic carbocycles. The summed E-state index contributed by atoms with van der Waals surface area (Å²) in [6.45, 7) is 3.63. The van der Waals surface area contributed by atoms with Crippen molar-refractivity contribution in [3.63, 3.8) is 0 Å². The predicted molar refractivity (Wildman–Crippen MR) is 146 cm³/mol. The maximum Gasteiger partial charge on any atom is 0.246 e. The summed E-state index contributed by atoms with van der Waals surface area (Å²) in [6.07, 6.45) is 7.71. The van der Waals surface area contributed by atoms with Crippen molar-refractivity contribution >= 4 is 17.8 Å². The van der Waals surface area contributed by atoms with Gasteiger partial charge in [-0.25, -0.2) is 4.98 Å². The summed E-state index contributed by atoms with van der Waals surface area (Å²) >= 11 is 0. The Bertz CT molecular complexity index is 1230. The highest BCUT2D eigenvalue weighted by atomic mass is 16.5. The molecule has 1 aromatic heterocycles. The fraction of sp³-hybridized carbons (Fsp3) is 0.433. The third-order valence-electron chi connectivity index (χ3n) is 7.23. The van der Waals surface area contributed by atoms with Crippen LogP contribution in [0.3, 0.4) is 0 Å². The monoisotopic (exact) mass is 516 g/mol. The Labute approximate surface area is 224 Å². The molecule has 0 spiro atoms. The summed E-state index contributed by atoms with van der Waals surface area (Å²) in [7, 11) is 0. The maximum atomic E-state index is 13.4. The molecular weight excluding hydrogens is 480 g/mol. The molecule has 2 heterocycles. The van der Waals surface area contributed by atoms with Crippen LogP contribution in [0, 0.1) is 5.92 Å². The molecule has 1 unspecified atom stereocenters. The van der Waals surface area contributed by atoms with Crippen LogP contribution in [-0.4, -0.2) is 58.7 Å². The van der Waals surface area contributed by atoms with Gasteiger partial charge in [0.1, 0.15) is 12.3 Å². The average molecular weight is 517 g/mol. The van der Waals surface area contributed by atoms with Crippen LogP contribution >= 0.6 is 0 Å². The van der Waals surface area contributed by atoms with Crippen LogP contribution in [-0.2, 0) is 14.3 Å². The highest BCUT2D eigenvalue weighted by Crippen LogP contribution is 2.28. The molecule has 1 aliphatic heterocycles. The number of nitrogens with zero attached hydrogens (tertiary/aromatic N) is 3. The molecule has 0 radical (unpaired) electrons. The number of hydrogen-bond acceptors (Lipinski definition) is 5. The molecular formula is C30H36N4O4. The van der Waals surface area contributed by atoms with Crippen LogP contribution in [0.2, 0.25) is 0 Å². The number of ether oxygens (including phenoxy) is 2. The van der Waals surface area contributed by atoms with E-state index in [4.69, 9.17) is 14.5 Å². The van der Waals surface area contributed by atoms with Crippen LogP contribution in [0.25, 0.3) is 16.9 Å². The first-order chi connectivity index (χ1) is 18.6. The Hall–Kier alpha value is -3.65. The first kappa shape index (κ1) is 26.0. The summed E-state index contributed by atoms with van der Waals surface area (Å²) in [5.74, 6) is 0.917. The number of carbonyl (C=O) groups is 2. The third-order valence-corrected chi connectivity index (χ3v) is 7.23. The van der Waals surface area contributed by atoms with E-state index in [2.05, 4.69) is 5.32 Å². The Balaban J connectivity index is 1.39. The second kappa shape index (κ2) is 12.3. The summed E-state index contributed by atoms with van der Waals surface area (Å²) < 4.78 is 13.3. The number of nitrogens with one attached hydrogen (secondary N) is 1. The number of benzene rings is 2. The van der Waals surface area contributed by atoms with Gasteiger partial charge in [-0.3, -0.25) is 19.5 Å². The highest BCUT2D eigenvalue weighted by molar-refractivity contribution is 5.94. The van der Waals surface area contributed by atoms with Gasteiger partial charge >= 0.3 is 0 Å². The molecule has 2 aromatic carbocycles. The van der Waals surface area contributed by atoms with E-state index in [9.17, 15) is 9.59 Å². The molecule has 8 heteroatoms. The molecule has 8 nitrogen and oxygen atoms in total. The van der Waals surface area contributed by atoms with Crippen LogP contribution in [0.15, 0.2) is 60.8 Å². The van der Waals surface area contributed by atoms with Crippen molar-refractivity contribution in [2.75, 3.05) is 31.6 Å². The first-order valence-corrected chi connectivity index (χ1v) is 13.7. The van der Waals surface area contributed by atoms with Crippen LogP contribution in [0.4, 0.5) is 5.95 Å². The van der Waals surface area contributed by atoms with Gasteiger partial charge in [-0.2, -0.15) is 0 Å². The molecule has 2 aliphatic rings. The summed E-state index contributed by atoms with van der Waals surface area (Å²) in [5, 5.41) is 2.99. The van der Waals surface area contributed by atoms with Crippen LogP contribution in [0.5, 0.6) is 5.75 Å². The van der Waals surface area contributed by atoms with E-state index >= 15 is 0 Å². The minimum Gasteiger partial charge on any atom is -0.494 e. The topological polar surface area (TPSA) is 85.7 Å². The van der Waals surface area contributed by atoms with Crippen LogP contribution < -0.4 is 10.1 Å². The molecule has 1 atom stereocenters. The zero-order valence-corrected chi connectivity index (χ0v) is 22.0. The Morgan fingerprint density at radius 1 is 1.08 bits per heavy atom. The van der Waals surface area contributed by atoms with E-state index in [-0.39, 0.29) is 30.4 Å². The predicted octanol–water partition coefficient (Wildman–Crippen LogP) is 5.07. The second-order valence-corrected chi connectivity index (χ2v) is 10.00. The van der Waals surface area contributed by atoms with Gasteiger partial charge in [0.05, 0.1) is 24.1 Å². The van der Waals surface area contributed by atoms with Crippen molar-refractivity contribution in [1.29, 1.82) is 0 Å². The van der Waals surface area contributed by atoms with Gasteiger partial charge in [-0.1, -0.05) is 49.2 Å². The molecule has 2 amide bonds. The minimum atomic E-state index is -0.276. The van der Waals surface area contributed by atoms with Gasteiger partial charge in [0.25, 0.3) is 0 Å². The number of amides is 2. The fourth-order valence-corrected chi connectivity index (χ4v) is 5.34. The quantitative estimate of drug-likeness (QED) is 0.406. The Morgan fingerprint density at radius 2 is 1.89 bits per heavy atom. The molecule has 2 fully saturated rings. The largest absolute Gasteiger partial charge is 0.494 e. The van der Waals surface area contributed by atoms with Gasteiger partial charge in [0, 0.05) is 36.9 Å². The lowest BCUT2D eigenvalue weighted by Crippen LogP contribution is -2.44. The lowest BCUT2D eigenvalue weighted by Gasteiger charge is -2.27. The molecule has 5 rings (SSSR count). The lowest BCUT2D eigenvalue weighted by molar-refractivity contribution is -0.139. The number of carbonyl (C=O) groups excluding carboxylic acids is 2. The van der Waals surface area contributed by atoms with Crippen molar-refractivity contribution in [3.05, 3.63) is 60.8 Å². The second-order valence-electron chi connectivity index (χ2n) is 10.00. The van der Waals surface area contributed by atoms with Crippen molar-refractivity contribution in [3.8, 4) is 22.7 Å². The molecule has 1 saturated heterocycles. The van der Waals surface area contributed by atoms with Crippen molar-refractivity contribution in [2.45, 2.75) is 51.6 Å². The third kappa shape index (κ3) is 6.25. The van der Waals surface area contributed by atoms with Gasteiger partial charge < -0.3 is 14.4 Å². The van der Waals surface area contributed by atoms with E-state index < -0.39 is 0 Å². The maximum absolute atomic E-state index is 13.4. The van der Waals surface area contributed by atoms with Gasteiger partial charge in [-0.15, -0.1) is 0 Å². The van der Waals surface area contributed by atoms with Crippen LogP contribution in [0.1, 0.15) is 45.4 Å². The summed E-state index contributed by atoms with van der Waals surface area (Å²) in [6, 6.07) is 17.5. The van der Waals surface area contributed by atoms with Gasteiger partial charge in [-0.05, 0) is 44.7 Å². The zero-order valence-electron chi connectivity index (χ0n) is 22.0. The number of anilines is 1. The van der Waals surface area contributed by atoms with Gasteiger partial charge in [0.15, 0.2) is 0 Å². The minimum absolute atomic E-state index is 0.00261. The molecule has 3 aromatic rings. The summed E-state index contributed by atoms with van der Waals surface area (Å²) in [5.41, 5.74) is 2.50. The average Bonchev–Trinajstić information content (AvgIpc) is 3.72. The lowest BCUT2D eigenvalue weighted by atomic mass is 10.1. The molecule has 0 bridgehead atoms. The van der Waals surface area contributed by atoms with Crippen molar-refractivity contribution < 1.29 is 19.1 Å². The Morgan fingerprint density at radius 3 is 2.63 bits per heavy atom. The molecule has 1 N–H and O–H groups in total. The molecule has 38 heavy (non-hydrogen) atoms. The van der Waals surface area contributed by atoms with E-state index in [0.717, 1.165) is 61.2 Å². The SMILES string of the molecule is CCOc1cccc(-n2cc(-c3ccccc3)nc2NC(=O)CN(CC2CCCO2)C(=O)C2CCCC2)c1. The fourth-order valence-electron chi connectivity index (χ4n) is 5.34. The van der Waals surface area contributed by atoms with Crippen molar-refractivity contribution in [2.24, 2.45) is 5.92 Å². The van der Waals surface area contributed by atoms with Crippen molar-refractivity contribution in [1.82, 2.24) is 14.5 Å². The number of imidazole rings is 1. The smallest absolute Gasteiger partial charge is 0.246 e. The summed E-state index contributed by atoms with van der Waals surface area (Å²) in [4.78, 5) is 33.2. The normalized spacial score (nSPS) is 17.4. The number of hydrogen-bond donors (Lipinski definition) is 1. The van der Waals surface area contributed by atoms with Gasteiger partial charge in [0.2, 0.25) is 17.8 Å². The molecule has 200 valence electrons. The highest BCUT2D eigenvalue weighted by Gasteiger charge is 2.31. The zero-order chi connectivity index (χ0) is 26.3. The first-order valence-electron chi connectivity index (χ1n) is 13.7. The number of aromatic nitrogens is 2.